The molecule has 55 heavy (non-hydrogen) atoms. The van der Waals surface area contributed by atoms with Crippen molar-refractivity contribution < 1.29 is 37.3 Å². The van der Waals surface area contributed by atoms with Gasteiger partial charge in [-0.25, -0.2) is 0 Å². The molecule has 0 aliphatic carbocycles. The lowest BCUT2D eigenvalue weighted by Gasteiger charge is -2.28. The van der Waals surface area contributed by atoms with Crippen LogP contribution in [0.5, 0.6) is 0 Å². The van der Waals surface area contributed by atoms with E-state index in [1.807, 2.05) is 39.4 Å². The standard InChI is InChI=1S/C46H80NO7P/c1-6-8-10-12-14-16-18-20-22-23-24-25-26-27-29-31-33-35-37-39-46(48)54-45(44-53-55(49,50)52-42-40-47(3,4)5)43-51-41-38-36-34-32-30-28-21-19-17-15-13-11-9-7-2/h8,10,14,16,20,22,24-25,27,29,33,35,38,41,45H,6-7,9,11-13,15,17-19,21,23,26,28,30-32,34,36-37,39-40,42-44H2,1-5H3/b10-8+,16-14+,22-20+,25-24+,29-27+,35-33+,41-38-. The maximum absolute atomic E-state index is 12.6. The van der Waals surface area contributed by atoms with Gasteiger partial charge in [0, 0.05) is 6.42 Å². The van der Waals surface area contributed by atoms with Gasteiger partial charge in [0.25, 0.3) is 7.82 Å². The van der Waals surface area contributed by atoms with Crippen molar-refractivity contribution >= 4 is 13.8 Å². The number of quaternary nitrogens is 1. The van der Waals surface area contributed by atoms with Gasteiger partial charge in [0.1, 0.15) is 19.8 Å². The average molecular weight is 790 g/mol. The van der Waals surface area contributed by atoms with Gasteiger partial charge in [-0.05, 0) is 63.9 Å². The van der Waals surface area contributed by atoms with E-state index in [2.05, 4.69) is 74.6 Å². The number of carbonyl (C=O) groups is 1. The van der Waals surface area contributed by atoms with Crippen molar-refractivity contribution in [1.82, 2.24) is 0 Å². The highest BCUT2D eigenvalue weighted by atomic mass is 31.2. The molecule has 0 amide bonds. The number of esters is 1. The van der Waals surface area contributed by atoms with Crippen LogP contribution in [0.4, 0.5) is 0 Å². The molecule has 2 atom stereocenters. The third-order valence-corrected chi connectivity index (χ3v) is 9.50. The van der Waals surface area contributed by atoms with Crippen LogP contribution >= 0.6 is 7.82 Å². The van der Waals surface area contributed by atoms with E-state index in [4.69, 9.17) is 18.5 Å². The van der Waals surface area contributed by atoms with Crippen LogP contribution in [-0.4, -0.2) is 64.1 Å². The van der Waals surface area contributed by atoms with Crippen LogP contribution in [0, 0.1) is 0 Å². The van der Waals surface area contributed by atoms with Crippen molar-refractivity contribution in [3.63, 3.8) is 0 Å². The molecular weight excluding hydrogens is 709 g/mol. The van der Waals surface area contributed by atoms with Gasteiger partial charge in [0.05, 0.1) is 34.0 Å². The number of hydrogen-bond donors (Lipinski definition) is 0. The molecule has 0 heterocycles. The van der Waals surface area contributed by atoms with E-state index in [1.165, 1.54) is 70.6 Å². The Balaban J connectivity index is 4.46. The number of carbonyl (C=O) groups excluding carboxylic acids is 1. The number of likely N-dealkylation sites (N-methyl/N-ethyl adjacent to an activating group) is 1. The fourth-order valence-electron chi connectivity index (χ4n) is 5.24. The smallest absolute Gasteiger partial charge is 0.306 e. The van der Waals surface area contributed by atoms with Gasteiger partial charge in [-0.15, -0.1) is 0 Å². The summed E-state index contributed by atoms with van der Waals surface area (Å²) in [7, 11) is 1.27. The summed E-state index contributed by atoms with van der Waals surface area (Å²) in [6.45, 7) is 4.51. The van der Waals surface area contributed by atoms with Crippen LogP contribution in [-0.2, 0) is 27.9 Å². The van der Waals surface area contributed by atoms with E-state index >= 15 is 0 Å². The van der Waals surface area contributed by atoms with Crippen molar-refractivity contribution in [2.75, 3.05) is 47.5 Å². The highest BCUT2D eigenvalue weighted by Gasteiger charge is 2.20. The summed E-state index contributed by atoms with van der Waals surface area (Å²) in [4.78, 5) is 25.0. The van der Waals surface area contributed by atoms with E-state index < -0.39 is 19.9 Å². The van der Waals surface area contributed by atoms with Crippen molar-refractivity contribution in [1.29, 1.82) is 0 Å². The summed E-state index contributed by atoms with van der Waals surface area (Å²) >= 11 is 0. The van der Waals surface area contributed by atoms with E-state index in [0.29, 0.717) is 17.4 Å². The SMILES string of the molecule is CC/C=C/C/C=C/C/C=C/C/C=C/C/C=C/C/C=C/CCC(=O)OC(CO/C=C\CCCCCCCCCCCCCC)COP(=O)([O-])OCC[N+](C)(C)C. The summed E-state index contributed by atoms with van der Waals surface area (Å²) in [6, 6.07) is 0. The minimum atomic E-state index is -4.56. The summed E-state index contributed by atoms with van der Waals surface area (Å²) < 4.78 is 34.2. The molecule has 2 unspecified atom stereocenters. The molecule has 9 heteroatoms. The van der Waals surface area contributed by atoms with Gasteiger partial charge in [0.15, 0.2) is 6.10 Å². The molecule has 0 saturated carbocycles. The summed E-state index contributed by atoms with van der Waals surface area (Å²) in [5.74, 6) is -0.441. The number of unbranched alkanes of at least 4 members (excludes halogenated alkanes) is 12. The highest BCUT2D eigenvalue weighted by Crippen LogP contribution is 2.38. The molecule has 0 bridgehead atoms. The molecule has 0 aromatic rings. The van der Waals surface area contributed by atoms with Gasteiger partial charge >= 0.3 is 5.97 Å². The number of phosphoric ester groups is 1. The zero-order chi connectivity index (χ0) is 40.6. The zero-order valence-corrected chi connectivity index (χ0v) is 36.5. The molecule has 0 aliphatic heterocycles. The Labute approximate surface area is 337 Å². The third-order valence-electron chi connectivity index (χ3n) is 8.54. The first-order valence-corrected chi connectivity index (χ1v) is 22.8. The van der Waals surface area contributed by atoms with Crippen molar-refractivity contribution in [2.24, 2.45) is 0 Å². The molecule has 0 radical (unpaired) electrons. The number of rotatable bonds is 38. The first kappa shape index (κ1) is 52.5. The molecule has 0 aliphatic rings. The minimum Gasteiger partial charge on any atom is -0.756 e. The molecule has 0 aromatic carbocycles. The second-order valence-corrected chi connectivity index (χ2v) is 16.4. The lowest BCUT2D eigenvalue weighted by atomic mass is 10.0. The molecule has 0 rings (SSSR count). The van der Waals surface area contributed by atoms with Crippen molar-refractivity contribution in [2.45, 2.75) is 155 Å². The molecule has 0 aromatic heterocycles. The Hall–Kier alpha value is -2.48. The first-order chi connectivity index (χ1) is 26.6. The number of ether oxygens (including phenoxy) is 2. The molecule has 0 fully saturated rings. The predicted octanol–water partition coefficient (Wildman–Crippen LogP) is 12.2. The maximum atomic E-state index is 12.6. The molecule has 8 nitrogen and oxygen atoms in total. The van der Waals surface area contributed by atoms with Crippen LogP contribution in [0.2, 0.25) is 0 Å². The van der Waals surface area contributed by atoms with Crippen LogP contribution in [0.15, 0.2) is 85.3 Å². The van der Waals surface area contributed by atoms with E-state index in [0.717, 1.165) is 51.4 Å². The van der Waals surface area contributed by atoms with Gasteiger partial charge < -0.3 is 27.9 Å². The maximum Gasteiger partial charge on any atom is 0.306 e. The second-order valence-electron chi connectivity index (χ2n) is 15.0. The molecule has 316 valence electrons. The first-order valence-electron chi connectivity index (χ1n) is 21.4. The molecule has 0 N–H and O–H groups in total. The van der Waals surface area contributed by atoms with Crippen LogP contribution in [0.1, 0.15) is 149 Å². The largest absolute Gasteiger partial charge is 0.756 e. The predicted molar refractivity (Wildman–Crippen MR) is 231 cm³/mol. The Kier molecular flexibility index (Phi) is 36.7. The van der Waals surface area contributed by atoms with Gasteiger partial charge in [0.2, 0.25) is 0 Å². The average Bonchev–Trinajstić information content (AvgIpc) is 3.13. The number of phosphoric acid groups is 1. The normalized spacial score (nSPS) is 14.6. The Morgan fingerprint density at radius 1 is 0.600 bits per heavy atom. The highest BCUT2D eigenvalue weighted by molar-refractivity contribution is 7.45. The lowest BCUT2D eigenvalue weighted by Crippen LogP contribution is -2.37. The number of allylic oxidation sites excluding steroid dienone is 13. The Morgan fingerprint density at radius 2 is 1.07 bits per heavy atom. The monoisotopic (exact) mass is 790 g/mol. The summed E-state index contributed by atoms with van der Waals surface area (Å²) in [5.41, 5.74) is 0. The lowest BCUT2D eigenvalue weighted by molar-refractivity contribution is -0.870. The molecule has 0 spiro atoms. The topological polar surface area (TPSA) is 94.1 Å². The second kappa shape index (κ2) is 38.4. The van der Waals surface area contributed by atoms with Gasteiger partial charge in [-0.3, -0.25) is 9.36 Å². The van der Waals surface area contributed by atoms with Crippen LogP contribution in [0.25, 0.3) is 0 Å². The van der Waals surface area contributed by atoms with Crippen molar-refractivity contribution in [3.8, 4) is 0 Å². The number of nitrogens with zero attached hydrogens (tertiary/aromatic N) is 1. The van der Waals surface area contributed by atoms with E-state index in [9.17, 15) is 14.3 Å². The fourth-order valence-corrected chi connectivity index (χ4v) is 5.97. The quantitative estimate of drug-likeness (QED) is 0.0153. The van der Waals surface area contributed by atoms with E-state index in [1.54, 1.807) is 6.26 Å². The third kappa shape index (κ3) is 42.5. The number of hydrogen-bond acceptors (Lipinski definition) is 7. The van der Waals surface area contributed by atoms with Crippen molar-refractivity contribution in [3.05, 3.63) is 85.3 Å². The molecule has 0 saturated heterocycles. The van der Waals surface area contributed by atoms with Crippen LogP contribution < -0.4 is 4.89 Å². The zero-order valence-electron chi connectivity index (χ0n) is 35.6. The fraction of sp³-hybridized carbons (Fsp3) is 0.674. The van der Waals surface area contributed by atoms with Crippen LogP contribution in [0.3, 0.4) is 0 Å². The Bertz CT molecular complexity index is 1150. The molecular formula is C46H80NO7P. The summed E-state index contributed by atoms with van der Waals surface area (Å²) in [6.07, 6.45) is 51.3. The van der Waals surface area contributed by atoms with Gasteiger partial charge in [-0.2, -0.15) is 0 Å². The minimum absolute atomic E-state index is 0.000941. The summed E-state index contributed by atoms with van der Waals surface area (Å²) in [5, 5.41) is 0. The van der Waals surface area contributed by atoms with E-state index in [-0.39, 0.29) is 26.2 Å². The van der Waals surface area contributed by atoms with Gasteiger partial charge in [-0.1, -0.05) is 157 Å². The Morgan fingerprint density at radius 3 is 1.56 bits per heavy atom.